The first kappa shape index (κ1) is 22.2. The van der Waals surface area contributed by atoms with Gasteiger partial charge < -0.3 is 20.1 Å². The number of ether oxygens (including phenoxy) is 1. The predicted molar refractivity (Wildman–Crippen MR) is 114 cm³/mol. The van der Waals surface area contributed by atoms with Crippen LogP contribution >= 0.6 is 0 Å². The number of carbonyl (C=O) groups is 2. The van der Waals surface area contributed by atoms with Crippen LogP contribution in [0, 0.1) is 5.82 Å². The molecule has 2 N–H and O–H groups in total. The van der Waals surface area contributed by atoms with Gasteiger partial charge in [0.1, 0.15) is 18.2 Å². The molecule has 11 heteroatoms. The minimum Gasteiger partial charge on any atom is -0.491 e. The number of nitrogens with zero attached hydrogens (tertiary/aromatic N) is 5. The molecule has 0 spiro atoms. The Morgan fingerprint density at radius 2 is 1.94 bits per heavy atom. The van der Waals surface area contributed by atoms with Crippen LogP contribution in [0.25, 0.3) is 0 Å². The van der Waals surface area contributed by atoms with E-state index >= 15 is 0 Å². The number of aromatic nitrogens is 4. The third kappa shape index (κ3) is 5.82. The summed E-state index contributed by atoms with van der Waals surface area (Å²) in [7, 11) is 0. The summed E-state index contributed by atoms with van der Waals surface area (Å²) in [6.45, 7) is 1.43. The Labute approximate surface area is 189 Å². The first-order valence-electron chi connectivity index (χ1n) is 10.5. The molecule has 1 aliphatic rings. The number of likely N-dealkylation sites (tertiary alicyclic amines) is 1. The zero-order chi connectivity index (χ0) is 23.2. The molecule has 1 aromatic heterocycles. The minimum atomic E-state index is -1.19. The Morgan fingerprint density at radius 1 is 1.18 bits per heavy atom. The van der Waals surface area contributed by atoms with E-state index in [2.05, 4.69) is 20.7 Å². The van der Waals surface area contributed by atoms with Crippen molar-refractivity contribution in [2.75, 3.05) is 19.7 Å². The number of rotatable bonds is 8. The van der Waals surface area contributed by atoms with Crippen molar-refractivity contribution in [1.82, 2.24) is 30.4 Å². The maximum absolute atomic E-state index is 13.2. The quantitative estimate of drug-likeness (QED) is 0.535. The van der Waals surface area contributed by atoms with E-state index in [-0.39, 0.29) is 30.8 Å². The molecule has 2 heterocycles. The second kappa shape index (κ2) is 10.1. The van der Waals surface area contributed by atoms with Gasteiger partial charge in [0.25, 0.3) is 5.91 Å². The molecule has 33 heavy (non-hydrogen) atoms. The molecule has 0 radical (unpaired) electrons. The lowest BCUT2D eigenvalue weighted by molar-refractivity contribution is 0.0790. The van der Waals surface area contributed by atoms with Crippen molar-refractivity contribution in [3.63, 3.8) is 0 Å². The second-order valence-electron chi connectivity index (χ2n) is 7.76. The number of hydrogen-bond acceptors (Lipinski definition) is 6. The average molecular weight is 454 g/mol. The fourth-order valence-electron chi connectivity index (χ4n) is 3.81. The van der Waals surface area contributed by atoms with E-state index in [0.29, 0.717) is 24.4 Å². The Kier molecular flexibility index (Phi) is 6.77. The van der Waals surface area contributed by atoms with Crippen LogP contribution in [-0.2, 0) is 6.54 Å². The standard InChI is InChI=1S/C22H23FN6O4/c23-18-5-1-15(2-6-18)17-9-10-28(11-17)21(30)16-3-7-20(8-4-16)33-13-19(26-22(31)32)12-29-25-14-24-27-29/h1-8,14,17,19,26H,9-13H2,(H,31,32)/t17-,19+/m0/s1. The number of tetrazole rings is 1. The van der Waals surface area contributed by atoms with Crippen molar-refractivity contribution in [1.29, 1.82) is 0 Å². The van der Waals surface area contributed by atoms with Crippen molar-refractivity contribution in [3.05, 3.63) is 71.8 Å². The maximum atomic E-state index is 13.2. The van der Waals surface area contributed by atoms with Crippen LogP contribution in [0.2, 0.25) is 0 Å². The molecule has 1 aliphatic heterocycles. The van der Waals surface area contributed by atoms with E-state index in [1.807, 2.05) is 0 Å². The van der Waals surface area contributed by atoms with E-state index < -0.39 is 12.1 Å². The summed E-state index contributed by atoms with van der Waals surface area (Å²) in [5.74, 6) is 0.345. The molecule has 172 valence electrons. The average Bonchev–Trinajstić information content (AvgIpc) is 3.50. The first-order valence-corrected chi connectivity index (χ1v) is 10.5. The number of amides is 2. The summed E-state index contributed by atoms with van der Waals surface area (Å²) in [4.78, 5) is 27.0. The van der Waals surface area contributed by atoms with Crippen LogP contribution in [0.5, 0.6) is 5.75 Å². The summed E-state index contributed by atoms with van der Waals surface area (Å²) in [6, 6.07) is 12.5. The molecule has 4 rings (SSSR count). The SMILES string of the molecule is O=C(O)N[C@@H](COc1ccc(C(=O)N2CC[C@H](c3ccc(F)cc3)C2)cc1)Cn1ncnn1. The van der Waals surface area contributed by atoms with E-state index in [9.17, 15) is 14.0 Å². The molecular weight excluding hydrogens is 431 g/mol. The normalized spacial score (nSPS) is 16.4. The van der Waals surface area contributed by atoms with Crippen molar-refractivity contribution in [3.8, 4) is 5.75 Å². The van der Waals surface area contributed by atoms with Crippen molar-refractivity contribution >= 4 is 12.0 Å². The fourth-order valence-corrected chi connectivity index (χ4v) is 3.81. The Morgan fingerprint density at radius 3 is 2.61 bits per heavy atom. The molecule has 0 aliphatic carbocycles. The number of hydrogen-bond donors (Lipinski definition) is 2. The first-order chi connectivity index (χ1) is 16.0. The van der Waals surface area contributed by atoms with Gasteiger partial charge in [-0.25, -0.2) is 9.18 Å². The van der Waals surface area contributed by atoms with Gasteiger partial charge in [0.2, 0.25) is 0 Å². The summed E-state index contributed by atoms with van der Waals surface area (Å²) in [6.07, 6.45) is 0.905. The van der Waals surface area contributed by atoms with E-state index in [1.165, 1.54) is 23.3 Å². The predicted octanol–water partition coefficient (Wildman–Crippen LogP) is 2.16. The van der Waals surface area contributed by atoms with Gasteiger partial charge in [0, 0.05) is 24.6 Å². The summed E-state index contributed by atoms with van der Waals surface area (Å²) in [5, 5.41) is 22.6. The van der Waals surface area contributed by atoms with Gasteiger partial charge in [0.15, 0.2) is 6.33 Å². The largest absolute Gasteiger partial charge is 0.491 e. The number of benzene rings is 2. The fraction of sp³-hybridized carbons (Fsp3) is 0.318. The van der Waals surface area contributed by atoms with Gasteiger partial charge in [-0.1, -0.05) is 12.1 Å². The summed E-state index contributed by atoms with van der Waals surface area (Å²) in [5.41, 5.74) is 1.56. The maximum Gasteiger partial charge on any atom is 0.405 e. The molecular formula is C22H23FN6O4. The summed E-state index contributed by atoms with van der Waals surface area (Å²) < 4.78 is 18.9. The van der Waals surface area contributed by atoms with Gasteiger partial charge in [-0.2, -0.15) is 4.80 Å². The van der Waals surface area contributed by atoms with Gasteiger partial charge in [-0.05, 0) is 53.6 Å². The summed E-state index contributed by atoms with van der Waals surface area (Å²) >= 11 is 0. The number of carboxylic acid groups (broad SMARTS) is 1. The molecule has 3 aromatic rings. The van der Waals surface area contributed by atoms with Crippen molar-refractivity contribution in [2.24, 2.45) is 0 Å². The number of carbonyl (C=O) groups excluding carboxylic acids is 1. The monoisotopic (exact) mass is 454 g/mol. The van der Waals surface area contributed by atoms with Crippen molar-refractivity contribution < 1.29 is 23.8 Å². The van der Waals surface area contributed by atoms with Crippen LogP contribution in [0.1, 0.15) is 28.3 Å². The van der Waals surface area contributed by atoms with Crippen LogP contribution in [0.3, 0.4) is 0 Å². The third-order valence-electron chi connectivity index (χ3n) is 5.47. The van der Waals surface area contributed by atoms with Gasteiger partial charge >= 0.3 is 6.09 Å². The van der Waals surface area contributed by atoms with E-state index in [1.54, 1.807) is 41.3 Å². The number of nitrogens with one attached hydrogen (secondary N) is 1. The smallest absolute Gasteiger partial charge is 0.405 e. The molecule has 0 saturated carbocycles. The van der Waals surface area contributed by atoms with E-state index in [4.69, 9.17) is 9.84 Å². The topological polar surface area (TPSA) is 122 Å². The Balaban J connectivity index is 1.32. The minimum absolute atomic E-state index is 0.0482. The molecule has 10 nitrogen and oxygen atoms in total. The highest BCUT2D eigenvalue weighted by molar-refractivity contribution is 5.94. The Bertz CT molecular complexity index is 1080. The molecule has 2 amide bonds. The molecule has 0 bridgehead atoms. The van der Waals surface area contributed by atoms with Gasteiger partial charge in [-0.15, -0.1) is 10.2 Å². The van der Waals surface area contributed by atoms with Crippen LogP contribution < -0.4 is 10.1 Å². The highest BCUT2D eigenvalue weighted by Gasteiger charge is 2.28. The third-order valence-corrected chi connectivity index (χ3v) is 5.47. The highest BCUT2D eigenvalue weighted by atomic mass is 19.1. The van der Waals surface area contributed by atoms with Gasteiger partial charge in [0.05, 0.1) is 12.6 Å². The van der Waals surface area contributed by atoms with Crippen LogP contribution in [0.15, 0.2) is 54.9 Å². The van der Waals surface area contributed by atoms with Crippen LogP contribution in [0.4, 0.5) is 9.18 Å². The second-order valence-corrected chi connectivity index (χ2v) is 7.76. The molecule has 1 saturated heterocycles. The van der Waals surface area contributed by atoms with Crippen LogP contribution in [-0.4, -0.2) is 68.0 Å². The molecule has 2 aromatic carbocycles. The Hall–Kier alpha value is -4.02. The number of halogens is 1. The highest BCUT2D eigenvalue weighted by Crippen LogP contribution is 2.28. The van der Waals surface area contributed by atoms with E-state index in [0.717, 1.165) is 12.0 Å². The lowest BCUT2D eigenvalue weighted by atomic mass is 9.99. The van der Waals surface area contributed by atoms with Gasteiger partial charge in [-0.3, -0.25) is 4.79 Å². The van der Waals surface area contributed by atoms with Crippen molar-refractivity contribution in [2.45, 2.75) is 24.9 Å². The zero-order valence-electron chi connectivity index (χ0n) is 17.7. The lowest BCUT2D eigenvalue weighted by Crippen LogP contribution is -2.41. The zero-order valence-corrected chi connectivity index (χ0v) is 17.7. The molecule has 1 fully saturated rings. The molecule has 2 atom stereocenters. The lowest BCUT2D eigenvalue weighted by Gasteiger charge is -2.18. The molecule has 0 unspecified atom stereocenters.